The van der Waals surface area contributed by atoms with Crippen LogP contribution < -0.4 is 10.1 Å². The number of hydrogen-bond acceptors (Lipinski definition) is 12. The van der Waals surface area contributed by atoms with Gasteiger partial charge in [-0.2, -0.15) is 0 Å². The lowest BCUT2D eigenvalue weighted by Gasteiger charge is -2.56. The molecule has 0 saturated heterocycles. The molecule has 13 heteroatoms. The number of rotatable bonds is 10. The van der Waals surface area contributed by atoms with E-state index >= 15 is 0 Å². The molecule has 13 nitrogen and oxygen atoms in total. The largest absolute Gasteiger partial charge is 0.504 e. The fraction of sp³-hybridized carbons (Fsp3) is 0.556. The van der Waals surface area contributed by atoms with Gasteiger partial charge in [0.2, 0.25) is 0 Å². The number of nitrogens with one attached hydrogen (secondary N) is 1. The number of benzene rings is 1. The van der Waals surface area contributed by atoms with Crippen LogP contribution in [0.1, 0.15) is 51.2 Å². The summed E-state index contributed by atoms with van der Waals surface area (Å²) in [4.78, 5) is 47.8. The van der Waals surface area contributed by atoms with Gasteiger partial charge in [-0.25, -0.2) is 14.4 Å². The van der Waals surface area contributed by atoms with Gasteiger partial charge in [-0.3, -0.25) is 4.79 Å². The zero-order valence-electron chi connectivity index (χ0n) is 22.5. The maximum Gasteiger partial charge on any atom is 0.347 e. The van der Waals surface area contributed by atoms with Crippen LogP contribution >= 0.6 is 0 Å². The van der Waals surface area contributed by atoms with Gasteiger partial charge in [-0.05, 0) is 51.4 Å². The predicted molar refractivity (Wildman–Crippen MR) is 134 cm³/mol. The SMILES string of the molecule is CC[C@]12c3c4ccc(O)c3O[C@H]1C(OC(=O)C[C@H](O)C(=O)O[C@@H](C)C(=O)O[C@@H](C)C(=O)O)=CC[C@@]2(O)[C@H](NC)C4. The molecular weight excluding hydrogens is 530 g/mol. The molecule has 1 aromatic rings. The minimum absolute atomic E-state index is 0.0648. The van der Waals surface area contributed by atoms with Crippen molar-refractivity contribution < 1.29 is 58.6 Å². The fourth-order valence-corrected chi connectivity index (χ4v) is 6.01. The number of carboxylic acid groups (broad SMARTS) is 1. The molecule has 0 amide bonds. The van der Waals surface area contributed by atoms with E-state index in [4.69, 9.17) is 19.3 Å². The van der Waals surface area contributed by atoms with Crippen molar-refractivity contribution in [2.45, 2.75) is 87.9 Å². The Morgan fingerprint density at radius 2 is 1.82 bits per heavy atom. The molecule has 0 aromatic heterocycles. The van der Waals surface area contributed by atoms with Crippen molar-refractivity contribution in [2.75, 3.05) is 7.05 Å². The van der Waals surface area contributed by atoms with Gasteiger partial charge < -0.3 is 44.7 Å². The zero-order valence-corrected chi connectivity index (χ0v) is 22.5. The van der Waals surface area contributed by atoms with E-state index in [1.54, 1.807) is 13.1 Å². The topological polar surface area (TPSA) is 198 Å². The van der Waals surface area contributed by atoms with E-state index in [0.29, 0.717) is 18.4 Å². The Morgan fingerprint density at radius 3 is 2.45 bits per heavy atom. The van der Waals surface area contributed by atoms with Crippen molar-refractivity contribution in [3.05, 3.63) is 35.1 Å². The van der Waals surface area contributed by atoms with E-state index in [1.807, 2.05) is 6.92 Å². The maximum atomic E-state index is 12.8. The highest BCUT2D eigenvalue weighted by molar-refractivity contribution is 5.85. The molecule has 0 bridgehead atoms. The summed E-state index contributed by atoms with van der Waals surface area (Å²) in [6, 6.07) is 2.94. The molecule has 7 atom stereocenters. The standard InChI is InChI=1S/C27H33NO12/c1-5-26-20-14-6-7-15(29)21(20)40-22(26)17(8-9-27(26,36)18(10-14)28-4)39-19(31)11-16(30)25(35)38-13(3)24(34)37-12(2)23(32)33/h6-8,12-13,16,18,22,28-30,36H,5,9-11H2,1-4H3,(H,32,33)/t12-,13-,16-,18+,22-,26-,27+/m0/s1. The molecule has 0 fully saturated rings. The van der Waals surface area contributed by atoms with Crippen LogP contribution in [0.15, 0.2) is 24.0 Å². The number of hydrogen-bond donors (Lipinski definition) is 5. The number of aliphatic hydroxyl groups is 2. The van der Waals surface area contributed by atoms with Gasteiger partial charge in [0.25, 0.3) is 0 Å². The Labute approximate surface area is 229 Å². The van der Waals surface area contributed by atoms with Gasteiger partial charge in [-0.15, -0.1) is 0 Å². The third-order valence-electron chi connectivity index (χ3n) is 8.03. The van der Waals surface area contributed by atoms with Crippen molar-refractivity contribution in [1.82, 2.24) is 5.32 Å². The van der Waals surface area contributed by atoms with Crippen molar-refractivity contribution >= 4 is 23.9 Å². The van der Waals surface area contributed by atoms with Crippen molar-refractivity contribution in [3.8, 4) is 11.5 Å². The van der Waals surface area contributed by atoms with Crippen LogP contribution in [0.3, 0.4) is 0 Å². The molecule has 5 N–H and O–H groups in total. The molecule has 0 unspecified atom stereocenters. The van der Waals surface area contributed by atoms with Gasteiger partial charge in [0.15, 0.2) is 35.9 Å². The van der Waals surface area contributed by atoms with Crippen LogP contribution in [0.2, 0.25) is 0 Å². The summed E-state index contributed by atoms with van der Waals surface area (Å²) in [5, 5.41) is 44.8. The average molecular weight is 564 g/mol. The summed E-state index contributed by atoms with van der Waals surface area (Å²) in [6.45, 7) is 4.11. The van der Waals surface area contributed by atoms with E-state index in [1.165, 1.54) is 12.1 Å². The number of phenols is 1. The first-order valence-corrected chi connectivity index (χ1v) is 12.9. The monoisotopic (exact) mass is 563 g/mol. The molecule has 1 heterocycles. The third-order valence-corrected chi connectivity index (χ3v) is 8.03. The number of aliphatic carboxylic acids is 1. The van der Waals surface area contributed by atoms with E-state index in [9.17, 15) is 34.5 Å². The molecule has 4 rings (SSSR count). The Balaban J connectivity index is 1.49. The number of phenolic OH excluding ortho intramolecular Hbond substituents is 1. The second-order valence-electron chi connectivity index (χ2n) is 10.2. The first-order valence-electron chi connectivity index (χ1n) is 12.9. The van der Waals surface area contributed by atoms with Crippen LogP contribution in [0, 0.1) is 0 Å². The molecule has 2 aliphatic carbocycles. The molecule has 1 aromatic carbocycles. The summed E-state index contributed by atoms with van der Waals surface area (Å²) in [5.74, 6) is -4.70. The molecule has 1 aliphatic heterocycles. The van der Waals surface area contributed by atoms with Crippen LogP contribution in [0.25, 0.3) is 0 Å². The number of esters is 3. The second-order valence-corrected chi connectivity index (χ2v) is 10.2. The van der Waals surface area contributed by atoms with Crippen molar-refractivity contribution in [2.24, 2.45) is 0 Å². The van der Waals surface area contributed by atoms with E-state index < -0.39 is 65.7 Å². The van der Waals surface area contributed by atoms with Gasteiger partial charge >= 0.3 is 23.9 Å². The number of likely N-dealkylation sites (N-methyl/N-ethyl adjacent to an activating group) is 1. The smallest absolute Gasteiger partial charge is 0.347 e. The molecular formula is C27H33NO12. The zero-order chi connectivity index (χ0) is 29.6. The number of ether oxygens (including phenoxy) is 4. The molecule has 0 radical (unpaired) electrons. The highest BCUT2D eigenvalue weighted by atomic mass is 16.6. The van der Waals surface area contributed by atoms with Crippen LogP contribution in [0.4, 0.5) is 0 Å². The Kier molecular flexibility index (Phi) is 7.85. The van der Waals surface area contributed by atoms with E-state index in [2.05, 4.69) is 10.1 Å². The quantitative estimate of drug-likeness (QED) is 0.191. The Bertz CT molecular complexity index is 1260. The molecule has 0 spiro atoms. The van der Waals surface area contributed by atoms with Crippen molar-refractivity contribution in [3.63, 3.8) is 0 Å². The van der Waals surface area contributed by atoms with Crippen molar-refractivity contribution in [1.29, 1.82) is 0 Å². The third kappa shape index (κ3) is 4.57. The Hall–Kier alpha value is -3.68. The molecule has 0 saturated carbocycles. The highest BCUT2D eigenvalue weighted by Crippen LogP contribution is 2.63. The first kappa shape index (κ1) is 29.3. The highest BCUT2D eigenvalue weighted by Gasteiger charge is 2.69. The summed E-state index contributed by atoms with van der Waals surface area (Å²) in [6.07, 6.45) is -4.32. The number of carboxylic acids is 1. The fourth-order valence-electron chi connectivity index (χ4n) is 6.01. The minimum Gasteiger partial charge on any atom is -0.504 e. The molecule has 218 valence electrons. The van der Waals surface area contributed by atoms with Crippen LogP contribution in [-0.4, -0.2) is 87.4 Å². The normalized spacial score (nSPS) is 28.2. The average Bonchev–Trinajstić information content (AvgIpc) is 3.28. The van der Waals surface area contributed by atoms with Crippen LogP contribution in [0.5, 0.6) is 11.5 Å². The summed E-state index contributed by atoms with van der Waals surface area (Å²) < 4.78 is 21.1. The van der Waals surface area contributed by atoms with Gasteiger partial charge in [0.1, 0.15) is 5.76 Å². The van der Waals surface area contributed by atoms with Gasteiger partial charge in [0, 0.05) is 18.0 Å². The first-order chi connectivity index (χ1) is 18.8. The minimum atomic E-state index is -2.00. The lowest BCUT2D eigenvalue weighted by molar-refractivity contribution is -0.179. The van der Waals surface area contributed by atoms with Crippen LogP contribution in [-0.2, 0) is 45.2 Å². The predicted octanol–water partition coefficient (Wildman–Crippen LogP) is 0.206. The number of aromatic hydroxyl groups is 1. The lowest BCUT2D eigenvalue weighted by Crippen LogP contribution is -2.70. The number of carbonyl (C=O) groups is 4. The summed E-state index contributed by atoms with van der Waals surface area (Å²) in [5.41, 5.74) is -0.850. The summed E-state index contributed by atoms with van der Waals surface area (Å²) in [7, 11) is 1.75. The molecule has 40 heavy (non-hydrogen) atoms. The lowest BCUT2D eigenvalue weighted by atomic mass is 9.52. The maximum absolute atomic E-state index is 12.8. The van der Waals surface area contributed by atoms with Gasteiger partial charge in [0.05, 0.1) is 17.4 Å². The van der Waals surface area contributed by atoms with E-state index in [-0.39, 0.29) is 29.7 Å². The summed E-state index contributed by atoms with van der Waals surface area (Å²) >= 11 is 0. The second kappa shape index (κ2) is 10.7. The van der Waals surface area contributed by atoms with E-state index in [0.717, 1.165) is 19.4 Å². The Morgan fingerprint density at radius 1 is 1.15 bits per heavy atom. The number of carbonyl (C=O) groups excluding carboxylic acids is 3. The molecule has 3 aliphatic rings. The van der Waals surface area contributed by atoms with Gasteiger partial charge in [-0.1, -0.05) is 13.0 Å². The number of aliphatic hydroxyl groups excluding tert-OH is 1.